The molecule has 3 heteroatoms. The molecule has 0 spiro atoms. The van der Waals surface area contributed by atoms with Crippen LogP contribution in [0.3, 0.4) is 0 Å². The summed E-state index contributed by atoms with van der Waals surface area (Å²) in [6.07, 6.45) is 2.54. The molecule has 70 valence electrons. The molecule has 0 aromatic rings. The molecule has 0 bridgehead atoms. The van der Waals surface area contributed by atoms with Crippen LogP contribution >= 0.6 is 0 Å². The molecule has 0 saturated heterocycles. The minimum atomic E-state index is -0.0305. The number of amides is 2. The van der Waals surface area contributed by atoms with Crippen molar-refractivity contribution in [1.29, 1.82) is 0 Å². The minimum absolute atomic E-state index is 0.0305. The van der Waals surface area contributed by atoms with Crippen LogP contribution in [0.4, 0.5) is 4.79 Å². The van der Waals surface area contributed by atoms with Crippen molar-refractivity contribution < 1.29 is 4.79 Å². The SMILES string of the molecule is CCNC(=O)NCC1CC(C)C1. The van der Waals surface area contributed by atoms with Crippen LogP contribution in [0, 0.1) is 11.8 Å². The van der Waals surface area contributed by atoms with E-state index in [9.17, 15) is 4.79 Å². The summed E-state index contributed by atoms with van der Waals surface area (Å²) in [6, 6.07) is -0.0305. The Balaban J connectivity index is 1.98. The summed E-state index contributed by atoms with van der Waals surface area (Å²) < 4.78 is 0. The van der Waals surface area contributed by atoms with Gasteiger partial charge in [0.15, 0.2) is 0 Å². The van der Waals surface area contributed by atoms with Gasteiger partial charge in [-0.15, -0.1) is 0 Å². The standard InChI is InChI=1S/C9H18N2O/c1-3-10-9(12)11-6-8-4-7(2)5-8/h7-8H,3-6H2,1-2H3,(H2,10,11,12). The minimum Gasteiger partial charge on any atom is -0.338 e. The molecule has 3 nitrogen and oxygen atoms in total. The number of urea groups is 1. The monoisotopic (exact) mass is 170 g/mol. The van der Waals surface area contributed by atoms with Crippen molar-refractivity contribution in [2.24, 2.45) is 11.8 Å². The van der Waals surface area contributed by atoms with E-state index in [1.54, 1.807) is 0 Å². The Bertz CT molecular complexity index is 153. The van der Waals surface area contributed by atoms with Crippen molar-refractivity contribution in [3.05, 3.63) is 0 Å². The zero-order chi connectivity index (χ0) is 8.97. The van der Waals surface area contributed by atoms with Crippen LogP contribution in [-0.4, -0.2) is 19.1 Å². The first-order chi connectivity index (χ1) is 5.72. The van der Waals surface area contributed by atoms with Gasteiger partial charge in [-0.05, 0) is 31.6 Å². The van der Waals surface area contributed by atoms with Crippen molar-refractivity contribution in [3.63, 3.8) is 0 Å². The van der Waals surface area contributed by atoms with Crippen LogP contribution < -0.4 is 10.6 Å². The van der Waals surface area contributed by atoms with E-state index in [0.29, 0.717) is 6.54 Å². The van der Waals surface area contributed by atoms with E-state index in [1.807, 2.05) is 6.92 Å². The van der Waals surface area contributed by atoms with Crippen molar-refractivity contribution in [2.75, 3.05) is 13.1 Å². The highest BCUT2D eigenvalue weighted by Gasteiger charge is 2.25. The predicted octanol–water partition coefficient (Wildman–Crippen LogP) is 1.35. The van der Waals surface area contributed by atoms with E-state index < -0.39 is 0 Å². The van der Waals surface area contributed by atoms with E-state index in [2.05, 4.69) is 17.6 Å². The maximum absolute atomic E-state index is 10.9. The lowest BCUT2D eigenvalue weighted by atomic mass is 9.76. The van der Waals surface area contributed by atoms with Gasteiger partial charge in [-0.1, -0.05) is 6.92 Å². The third-order valence-corrected chi connectivity index (χ3v) is 2.36. The topological polar surface area (TPSA) is 41.1 Å². The fraction of sp³-hybridized carbons (Fsp3) is 0.889. The molecule has 1 aliphatic rings. The van der Waals surface area contributed by atoms with Crippen LogP contribution in [0.15, 0.2) is 0 Å². The van der Waals surface area contributed by atoms with Gasteiger partial charge in [-0.2, -0.15) is 0 Å². The van der Waals surface area contributed by atoms with Crippen LogP contribution in [0.5, 0.6) is 0 Å². The zero-order valence-corrected chi connectivity index (χ0v) is 7.89. The lowest BCUT2D eigenvalue weighted by Crippen LogP contribution is -2.40. The Morgan fingerprint density at radius 3 is 2.58 bits per heavy atom. The lowest BCUT2D eigenvalue weighted by molar-refractivity contribution is 0.200. The van der Waals surface area contributed by atoms with Crippen LogP contribution in [0.2, 0.25) is 0 Å². The summed E-state index contributed by atoms with van der Waals surface area (Å²) in [5.41, 5.74) is 0. The molecule has 0 atom stereocenters. The largest absolute Gasteiger partial charge is 0.338 e. The molecular formula is C9H18N2O. The van der Waals surface area contributed by atoms with Gasteiger partial charge in [0.25, 0.3) is 0 Å². The van der Waals surface area contributed by atoms with Crippen molar-refractivity contribution in [1.82, 2.24) is 10.6 Å². The lowest BCUT2D eigenvalue weighted by Gasteiger charge is -2.32. The number of rotatable bonds is 3. The van der Waals surface area contributed by atoms with Gasteiger partial charge in [0.2, 0.25) is 0 Å². The molecular weight excluding hydrogens is 152 g/mol. The second-order valence-corrected chi connectivity index (χ2v) is 3.68. The fourth-order valence-electron chi connectivity index (χ4n) is 1.70. The molecule has 0 heterocycles. The first kappa shape index (κ1) is 9.36. The Morgan fingerprint density at radius 1 is 1.42 bits per heavy atom. The molecule has 1 saturated carbocycles. The third kappa shape index (κ3) is 2.72. The van der Waals surface area contributed by atoms with Gasteiger partial charge in [0.1, 0.15) is 0 Å². The van der Waals surface area contributed by atoms with E-state index in [0.717, 1.165) is 18.4 Å². The number of nitrogens with one attached hydrogen (secondary N) is 2. The van der Waals surface area contributed by atoms with Crippen molar-refractivity contribution >= 4 is 6.03 Å². The van der Waals surface area contributed by atoms with Gasteiger partial charge in [-0.25, -0.2) is 4.79 Å². The average molecular weight is 170 g/mol. The Labute approximate surface area is 73.9 Å². The number of hydrogen-bond acceptors (Lipinski definition) is 1. The molecule has 1 aliphatic carbocycles. The van der Waals surface area contributed by atoms with E-state index in [4.69, 9.17) is 0 Å². The predicted molar refractivity (Wildman–Crippen MR) is 49.0 cm³/mol. The average Bonchev–Trinajstić information content (AvgIpc) is 1.96. The number of carbonyl (C=O) groups is 1. The van der Waals surface area contributed by atoms with Gasteiger partial charge in [0.05, 0.1) is 0 Å². The summed E-state index contributed by atoms with van der Waals surface area (Å²) in [7, 11) is 0. The summed E-state index contributed by atoms with van der Waals surface area (Å²) in [5, 5.41) is 5.57. The quantitative estimate of drug-likeness (QED) is 0.659. The van der Waals surface area contributed by atoms with Gasteiger partial charge in [0, 0.05) is 13.1 Å². The summed E-state index contributed by atoms with van der Waals surface area (Å²) in [4.78, 5) is 10.9. The third-order valence-electron chi connectivity index (χ3n) is 2.36. The molecule has 0 aromatic carbocycles. The van der Waals surface area contributed by atoms with Gasteiger partial charge in [-0.3, -0.25) is 0 Å². The molecule has 2 amide bonds. The Kier molecular flexibility index (Phi) is 3.38. The molecule has 1 rings (SSSR count). The highest BCUT2D eigenvalue weighted by atomic mass is 16.2. The summed E-state index contributed by atoms with van der Waals surface area (Å²) in [5.74, 6) is 1.59. The summed E-state index contributed by atoms with van der Waals surface area (Å²) in [6.45, 7) is 5.72. The van der Waals surface area contributed by atoms with E-state index in [1.165, 1.54) is 12.8 Å². The fourth-order valence-corrected chi connectivity index (χ4v) is 1.70. The summed E-state index contributed by atoms with van der Waals surface area (Å²) >= 11 is 0. The highest BCUT2D eigenvalue weighted by molar-refractivity contribution is 5.73. The molecule has 0 radical (unpaired) electrons. The first-order valence-electron chi connectivity index (χ1n) is 4.74. The molecule has 0 aromatic heterocycles. The maximum Gasteiger partial charge on any atom is 0.314 e. The molecule has 12 heavy (non-hydrogen) atoms. The van der Waals surface area contributed by atoms with Crippen LogP contribution in [-0.2, 0) is 0 Å². The highest BCUT2D eigenvalue weighted by Crippen LogP contribution is 2.32. The Hall–Kier alpha value is -0.730. The second-order valence-electron chi connectivity index (χ2n) is 3.68. The Morgan fingerprint density at radius 2 is 2.08 bits per heavy atom. The molecule has 0 unspecified atom stereocenters. The van der Waals surface area contributed by atoms with Crippen LogP contribution in [0.1, 0.15) is 26.7 Å². The van der Waals surface area contributed by atoms with Crippen LogP contribution in [0.25, 0.3) is 0 Å². The normalized spacial score (nSPS) is 27.5. The number of hydrogen-bond donors (Lipinski definition) is 2. The first-order valence-corrected chi connectivity index (χ1v) is 4.74. The number of carbonyl (C=O) groups excluding carboxylic acids is 1. The smallest absolute Gasteiger partial charge is 0.314 e. The second kappa shape index (κ2) is 4.33. The van der Waals surface area contributed by atoms with Gasteiger partial charge < -0.3 is 10.6 Å². The molecule has 1 fully saturated rings. The van der Waals surface area contributed by atoms with E-state index >= 15 is 0 Å². The zero-order valence-electron chi connectivity index (χ0n) is 7.89. The van der Waals surface area contributed by atoms with Gasteiger partial charge >= 0.3 is 6.03 Å². The molecule has 0 aliphatic heterocycles. The van der Waals surface area contributed by atoms with Crippen molar-refractivity contribution in [2.45, 2.75) is 26.7 Å². The molecule has 2 N–H and O–H groups in total. The maximum atomic E-state index is 10.9. The van der Waals surface area contributed by atoms with E-state index in [-0.39, 0.29) is 6.03 Å². The van der Waals surface area contributed by atoms with Crippen molar-refractivity contribution in [3.8, 4) is 0 Å².